The second-order valence-electron chi connectivity index (χ2n) is 2.20. The van der Waals surface area contributed by atoms with E-state index >= 15 is 0 Å². The molecule has 0 saturated heterocycles. The number of nitrogens with one attached hydrogen (secondary N) is 1. The van der Waals surface area contributed by atoms with Crippen LogP contribution in [0, 0.1) is 0 Å². The van der Waals surface area contributed by atoms with Crippen molar-refractivity contribution in [2.24, 2.45) is 0 Å². The lowest BCUT2D eigenvalue weighted by molar-refractivity contribution is 0.881. The van der Waals surface area contributed by atoms with E-state index in [1.54, 1.807) is 18.6 Å². The molecule has 2 aromatic rings. The first-order chi connectivity index (χ1) is 5.95. The molecule has 1 N–H and O–H groups in total. The zero-order valence-corrected chi connectivity index (χ0v) is 6.18. The second-order valence-corrected chi connectivity index (χ2v) is 2.20. The van der Waals surface area contributed by atoms with E-state index in [0.29, 0.717) is 12.2 Å². The molecule has 0 saturated carbocycles. The van der Waals surface area contributed by atoms with Crippen molar-refractivity contribution in [1.82, 2.24) is 30.6 Å². The van der Waals surface area contributed by atoms with Crippen LogP contribution in [0.5, 0.6) is 0 Å². The molecule has 12 heavy (non-hydrogen) atoms. The Bertz CT molecular complexity index is 328. The van der Waals surface area contributed by atoms with Crippen molar-refractivity contribution < 1.29 is 0 Å². The number of H-pyrrole nitrogens is 1. The molecule has 2 rings (SSSR count). The number of hydrogen-bond acceptors (Lipinski definition) is 5. The highest BCUT2D eigenvalue weighted by molar-refractivity contribution is 5.02. The fourth-order valence-electron chi connectivity index (χ4n) is 0.841. The number of tetrazole rings is 1. The third-order valence-electron chi connectivity index (χ3n) is 1.35. The van der Waals surface area contributed by atoms with Gasteiger partial charge in [0.05, 0.1) is 12.1 Å². The van der Waals surface area contributed by atoms with Crippen LogP contribution in [0.3, 0.4) is 0 Å². The zero-order valence-electron chi connectivity index (χ0n) is 6.18. The Morgan fingerprint density at radius 3 is 3.00 bits per heavy atom. The van der Waals surface area contributed by atoms with Gasteiger partial charge in [-0.2, -0.15) is 5.21 Å². The second kappa shape index (κ2) is 3.04. The van der Waals surface area contributed by atoms with Gasteiger partial charge in [0.1, 0.15) is 0 Å². The van der Waals surface area contributed by atoms with Crippen molar-refractivity contribution in [3.63, 3.8) is 0 Å². The third kappa shape index (κ3) is 1.42. The molecular weight excluding hydrogens is 156 g/mol. The number of aromatic amines is 1. The lowest BCUT2D eigenvalue weighted by Crippen LogP contribution is -1.94. The molecule has 60 valence electrons. The van der Waals surface area contributed by atoms with E-state index in [1.165, 1.54) is 0 Å². The standard InChI is InChI=1S/C6H6N6/c1-2-8-5(4-7-1)3-6-9-11-12-10-6/h1-2,4H,3H2,(H,9,10,11,12). The van der Waals surface area contributed by atoms with E-state index < -0.39 is 0 Å². The van der Waals surface area contributed by atoms with E-state index in [9.17, 15) is 0 Å². The molecule has 0 spiro atoms. The van der Waals surface area contributed by atoms with Gasteiger partial charge in [0.15, 0.2) is 5.82 Å². The van der Waals surface area contributed by atoms with Gasteiger partial charge < -0.3 is 0 Å². The van der Waals surface area contributed by atoms with Crippen molar-refractivity contribution in [2.75, 3.05) is 0 Å². The molecule has 0 aliphatic heterocycles. The molecule has 0 radical (unpaired) electrons. The largest absolute Gasteiger partial charge is 0.261 e. The average molecular weight is 162 g/mol. The van der Waals surface area contributed by atoms with Gasteiger partial charge in [-0.15, -0.1) is 10.2 Å². The van der Waals surface area contributed by atoms with Crippen LogP contribution >= 0.6 is 0 Å². The van der Waals surface area contributed by atoms with E-state index in [0.717, 1.165) is 5.69 Å². The summed E-state index contributed by atoms with van der Waals surface area (Å²) in [7, 11) is 0. The van der Waals surface area contributed by atoms with Crippen LogP contribution in [0.4, 0.5) is 0 Å². The number of aromatic nitrogens is 6. The number of rotatable bonds is 2. The van der Waals surface area contributed by atoms with Gasteiger partial charge in [-0.3, -0.25) is 9.97 Å². The Labute approximate surface area is 68.1 Å². The van der Waals surface area contributed by atoms with Crippen molar-refractivity contribution in [3.8, 4) is 0 Å². The minimum Gasteiger partial charge on any atom is -0.261 e. The van der Waals surface area contributed by atoms with Crippen LogP contribution < -0.4 is 0 Å². The van der Waals surface area contributed by atoms with Gasteiger partial charge in [0.25, 0.3) is 0 Å². The van der Waals surface area contributed by atoms with Crippen molar-refractivity contribution in [2.45, 2.75) is 6.42 Å². The molecule has 0 atom stereocenters. The van der Waals surface area contributed by atoms with Gasteiger partial charge >= 0.3 is 0 Å². The van der Waals surface area contributed by atoms with E-state index in [4.69, 9.17) is 0 Å². The Hall–Kier alpha value is -1.85. The monoisotopic (exact) mass is 162 g/mol. The fourth-order valence-corrected chi connectivity index (χ4v) is 0.841. The van der Waals surface area contributed by atoms with Gasteiger partial charge in [-0.05, 0) is 0 Å². The molecule has 0 amide bonds. The minimum absolute atomic E-state index is 0.560. The topological polar surface area (TPSA) is 80.2 Å². The summed E-state index contributed by atoms with van der Waals surface area (Å²) in [6.07, 6.45) is 5.50. The molecule has 0 aliphatic carbocycles. The summed E-state index contributed by atoms with van der Waals surface area (Å²) in [5.41, 5.74) is 0.832. The first-order valence-electron chi connectivity index (χ1n) is 3.42. The highest BCUT2D eigenvalue weighted by Gasteiger charge is 2.00. The van der Waals surface area contributed by atoms with Crippen LogP contribution in [-0.4, -0.2) is 30.6 Å². The predicted molar refractivity (Wildman–Crippen MR) is 39.0 cm³/mol. The van der Waals surface area contributed by atoms with Crippen LogP contribution in [0.2, 0.25) is 0 Å². The Morgan fingerprint density at radius 1 is 1.33 bits per heavy atom. The van der Waals surface area contributed by atoms with E-state index in [2.05, 4.69) is 30.6 Å². The first-order valence-corrected chi connectivity index (χ1v) is 3.42. The quantitative estimate of drug-likeness (QED) is 0.648. The Morgan fingerprint density at radius 2 is 2.33 bits per heavy atom. The van der Waals surface area contributed by atoms with Crippen LogP contribution in [0.25, 0.3) is 0 Å². The van der Waals surface area contributed by atoms with Crippen molar-refractivity contribution >= 4 is 0 Å². The van der Waals surface area contributed by atoms with E-state index in [-0.39, 0.29) is 0 Å². The minimum atomic E-state index is 0.560. The SMILES string of the molecule is c1cnc(Cc2nn[nH]n2)cn1. The van der Waals surface area contributed by atoms with Gasteiger partial charge in [0.2, 0.25) is 0 Å². The fraction of sp³-hybridized carbons (Fsp3) is 0.167. The van der Waals surface area contributed by atoms with Crippen LogP contribution in [0.15, 0.2) is 18.6 Å². The summed E-state index contributed by atoms with van der Waals surface area (Å²) in [6.45, 7) is 0. The molecule has 6 nitrogen and oxygen atoms in total. The molecule has 0 fully saturated rings. The lowest BCUT2D eigenvalue weighted by Gasteiger charge is -1.91. The number of nitrogens with zero attached hydrogens (tertiary/aromatic N) is 5. The van der Waals surface area contributed by atoms with Gasteiger partial charge in [0, 0.05) is 18.6 Å². The molecule has 2 aromatic heterocycles. The molecule has 0 unspecified atom stereocenters. The molecule has 0 bridgehead atoms. The predicted octanol–water partition coefficient (Wildman–Crippen LogP) is -0.420. The molecule has 0 aliphatic rings. The Kier molecular flexibility index (Phi) is 1.73. The summed E-state index contributed by atoms with van der Waals surface area (Å²) in [4.78, 5) is 7.99. The lowest BCUT2D eigenvalue weighted by atomic mass is 10.3. The van der Waals surface area contributed by atoms with Crippen molar-refractivity contribution in [3.05, 3.63) is 30.1 Å². The smallest absolute Gasteiger partial charge is 0.180 e. The summed E-state index contributed by atoms with van der Waals surface area (Å²) in [6, 6.07) is 0. The first kappa shape index (κ1) is 6.84. The maximum atomic E-state index is 4.07. The normalized spacial score (nSPS) is 10.0. The molecule has 2 heterocycles. The van der Waals surface area contributed by atoms with Crippen LogP contribution in [0.1, 0.15) is 11.5 Å². The summed E-state index contributed by atoms with van der Waals surface area (Å²) in [5, 5.41) is 13.4. The molecular formula is C6H6N6. The highest BCUT2D eigenvalue weighted by atomic mass is 15.5. The summed E-state index contributed by atoms with van der Waals surface area (Å²) >= 11 is 0. The van der Waals surface area contributed by atoms with E-state index in [1.807, 2.05) is 0 Å². The van der Waals surface area contributed by atoms with Gasteiger partial charge in [-0.25, -0.2) is 0 Å². The van der Waals surface area contributed by atoms with Crippen molar-refractivity contribution in [1.29, 1.82) is 0 Å². The van der Waals surface area contributed by atoms with Gasteiger partial charge in [-0.1, -0.05) is 5.21 Å². The highest BCUT2D eigenvalue weighted by Crippen LogP contribution is 1.96. The average Bonchev–Trinajstić information content (AvgIpc) is 2.59. The summed E-state index contributed by atoms with van der Waals surface area (Å²) in [5.74, 6) is 0.621. The maximum absolute atomic E-state index is 4.07. The molecule has 0 aromatic carbocycles. The number of hydrogen-bond donors (Lipinski definition) is 1. The molecule has 6 heteroatoms. The summed E-state index contributed by atoms with van der Waals surface area (Å²) < 4.78 is 0. The third-order valence-corrected chi connectivity index (χ3v) is 1.35. The maximum Gasteiger partial charge on any atom is 0.180 e. The Balaban J connectivity index is 2.15. The zero-order chi connectivity index (χ0) is 8.23. The van der Waals surface area contributed by atoms with Crippen LogP contribution in [-0.2, 0) is 6.42 Å².